The fourth-order valence-corrected chi connectivity index (χ4v) is 4.45. The van der Waals surface area contributed by atoms with Crippen molar-refractivity contribution in [2.75, 3.05) is 30.3 Å². The molecule has 3 nitrogen and oxygen atoms in total. The summed E-state index contributed by atoms with van der Waals surface area (Å²) in [4.78, 5) is 13.9. The first kappa shape index (κ1) is 10.6. The molecule has 2 aliphatic heterocycles. The molecule has 2 rings (SSSR count). The molecule has 1 amide bonds. The first-order chi connectivity index (χ1) is 6.77. The van der Waals surface area contributed by atoms with Gasteiger partial charge in [0, 0.05) is 36.4 Å². The van der Waals surface area contributed by atoms with Gasteiger partial charge < -0.3 is 10.6 Å². The predicted molar refractivity (Wildman–Crippen MR) is 62.7 cm³/mol. The summed E-state index contributed by atoms with van der Waals surface area (Å²) in [6, 6.07) is 0.209. The molecule has 5 heteroatoms. The molecule has 2 aliphatic rings. The zero-order chi connectivity index (χ0) is 9.97. The van der Waals surface area contributed by atoms with Crippen LogP contribution in [-0.4, -0.2) is 52.4 Å². The van der Waals surface area contributed by atoms with Gasteiger partial charge in [0.2, 0.25) is 5.91 Å². The van der Waals surface area contributed by atoms with Crippen LogP contribution >= 0.6 is 23.5 Å². The second-order valence-corrected chi connectivity index (χ2v) is 6.23. The number of rotatable bonds is 1. The molecule has 2 fully saturated rings. The lowest BCUT2D eigenvalue weighted by Crippen LogP contribution is -2.40. The van der Waals surface area contributed by atoms with E-state index in [1.165, 1.54) is 5.75 Å². The lowest BCUT2D eigenvalue weighted by molar-refractivity contribution is -0.129. The van der Waals surface area contributed by atoms with Crippen molar-refractivity contribution in [2.45, 2.75) is 17.7 Å². The van der Waals surface area contributed by atoms with Crippen LogP contribution in [0.3, 0.4) is 0 Å². The van der Waals surface area contributed by atoms with Crippen molar-refractivity contribution in [3.8, 4) is 0 Å². The van der Waals surface area contributed by atoms with Gasteiger partial charge in [-0.05, 0) is 6.42 Å². The number of hydrogen-bond donors (Lipinski definition) is 1. The van der Waals surface area contributed by atoms with Gasteiger partial charge in [-0.3, -0.25) is 4.79 Å². The lowest BCUT2D eigenvalue weighted by Gasteiger charge is -2.25. The maximum Gasteiger partial charge on any atom is 0.236 e. The van der Waals surface area contributed by atoms with E-state index in [2.05, 4.69) is 0 Å². The average Bonchev–Trinajstić information content (AvgIpc) is 2.65. The summed E-state index contributed by atoms with van der Waals surface area (Å²) in [5.41, 5.74) is 5.79. The fraction of sp³-hybridized carbons (Fsp3) is 0.889. The van der Waals surface area contributed by atoms with E-state index in [1.54, 1.807) is 11.8 Å². The van der Waals surface area contributed by atoms with Crippen molar-refractivity contribution < 1.29 is 4.79 Å². The van der Waals surface area contributed by atoms with Crippen LogP contribution in [0.4, 0.5) is 0 Å². The standard InChI is InChI=1S/C9H16N2OS2/c10-7-1-2-11(5-7)9(12)8-6-13-3-4-14-8/h7-8H,1-6,10H2/t7-,8?/m1/s1. The summed E-state index contributed by atoms with van der Waals surface area (Å²) < 4.78 is 0. The third-order valence-electron chi connectivity index (χ3n) is 2.63. The Bertz CT molecular complexity index is 212. The Labute approximate surface area is 93.2 Å². The van der Waals surface area contributed by atoms with Crippen LogP contribution < -0.4 is 5.73 Å². The van der Waals surface area contributed by atoms with Crippen LogP contribution in [0.2, 0.25) is 0 Å². The third-order valence-corrected chi connectivity index (χ3v) is 5.37. The Hall–Kier alpha value is 0.130. The first-order valence-corrected chi connectivity index (χ1v) is 7.21. The van der Waals surface area contributed by atoms with Crippen LogP contribution in [-0.2, 0) is 4.79 Å². The maximum atomic E-state index is 12.0. The van der Waals surface area contributed by atoms with E-state index in [0.717, 1.165) is 31.0 Å². The topological polar surface area (TPSA) is 46.3 Å². The molecular weight excluding hydrogens is 216 g/mol. The molecule has 0 aliphatic carbocycles. The second-order valence-electron chi connectivity index (χ2n) is 3.77. The summed E-state index contributed by atoms with van der Waals surface area (Å²) in [6.07, 6.45) is 0.969. The Balaban J connectivity index is 1.87. The normalized spacial score (nSPS) is 33.4. The largest absolute Gasteiger partial charge is 0.340 e. The summed E-state index contributed by atoms with van der Waals surface area (Å²) in [7, 11) is 0. The molecule has 0 saturated carbocycles. The van der Waals surface area contributed by atoms with Crippen LogP contribution in [0.15, 0.2) is 0 Å². The average molecular weight is 232 g/mol. The van der Waals surface area contributed by atoms with E-state index in [1.807, 2.05) is 16.7 Å². The molecule has 2 heterocycles. The lowest BCUT2D eigenvalue weighted by atomic mass is 10.3. The molecule has 0 aromatic heterocycles. The molecule has 2 N–H and O–H groups in total. The number of amides is 1. The Kier molecular flexibility index (Phi) is 3.62. The van der Waals surface area contributed by atoms with Gasteiger partial charge in [-0.2, -0.15) is 11.8 Å². The van der Waals surface area contributed by atoms with Gasteiger partial charge in [-0.15, -0.1) is 11.8 Å². The maximum absolute atomic E-state index is 12.0. The van der Waals surface area contributed by atoms with Gasteiger partial charge in [0.05, 0.1) is 5.25 Å². The van der Waals surface area contributed by atoms with Crippen molar-refractivity contribution in [1.29, 1.82) is 0 Å². The van der Waals surface area contributed by atoms with Crippen LogP contribution in [0.1, 0.15) is 6.42 Å². The number of carbonyl (C=O) groups excluding carboxylic acids is 1. The van der Waals surface area contributed by atoms with Crippen LogP contribution in [0, 0.1) is 0 Å². The van der Waals surface area contributed by atoms with Gasteiger partial charge in [-0.25, -0.2) is 0 Å². The van der Waals surface area contributed by atoms with Crippen molar-refractivity contribution in [2.24, 2.45) is 5.73 Å². The molecular formula is C9H16N2OS2. The van der Waals surface area contributed by atoms with E-state index in [9.17, 15) is 4.79 Å². The Morgan fingerprint density at radius 3 is 2.86 bits per heavy atom. The highest BCUT2D eigenvalue weighted by Crippen LogP contribution is 2.26. The minimum atomic E-state index is 0.194. The third kappa shape index (κ3) is 2.38. The van der Waals surface area contributed by atoms with E-state index in [0.29, 0.717) is 5.91 Å². The van der Waals surface area contributed by atoms with Gasteiger partial charge in [-0.1, -0.05) is 0 Å². The summed E-state index contributed by atoms with van der Waals surface area (Å²) in [6.45, 7) is 1.63. The minimum absolute atomic E-state index is 0.194. The Morgan fingerprint density at radius 2 is 2.29 bits per heavy atom. The minimum Gasteiger partial charge on any atom is -0.340 e. The first-order valence-electron chi connectivity index (χ1n) is 5.01. The number of carbonyl (C=O) groups is 1. The van der Waals surface area contributed by atoms with E-state index in [4.69, 9.17) is 5.73 Å². The smallest absolute Gasteiger partial charge is 0.236 e. The monoisotopic (exact) mass is 232 g/mol. The zero-order valence-electron chi connectivity index (χ0n) is 8.15. The SMILES string of the molecule is N[C@@H]1CCN(C(=O)C2CSCCS2)C1. The molecule has 0 radical (unpaired) electrons. The zero-order valence-corrected chi connectivity index (χ0v) is 9.78. The van der Waals surface area contributed by atoms with Crippen molar-refractivity contribution in [1.82, 2.24) is 4.90 Å². The van der Waals surface area contributed by atoms with Gasteiger partial charge in [0.15, 0.2) is 0 Å². The summed E-state index contributed by atoms with van der Waals surface area (Å²) >= 11 is 3.70. The Morgan fingerprint density at radius 1 is 1.43 bits per heavy atom. The van der Waals surface area contributed by atoms with Crippen molar-refractivity contribution >= 4 is 29.4 Å². The number of nitrogens with two attached hydrogens (primary N) is 1. The van der Waals surface area contributed by atoms with Crippen molar-refractivity contribution in [3.05, 3.63) is 0 Å². The van der Waals surface area contributed by atoms with Crippen LogP contribution in [0.5, 0.6) is 0 Å². The number of hydrogen-bond acceptors (Lipinski definition) is 4. The van der Waals surface area contributed by atoms with E-state index in [-0.39, 0.29) is 11.3 Å². The van der Waals surface area contributed by atoms with Gasteiger partial charge >= 0.3 is 0 Å². The molecule has 80 valence electrons. The molecule has 2 atom stereocenters. The summed E-state index contributed by atoms with van der Waals surface area (Å²) in [5, 5.41) is 0.194. The number of nitrogens with zero attached hydrogens (tertiary/aromatic N) is 1. The van der Waals surface area contributed by atoms with Gasteiger partial charge in [0.25, 0.3) is 0 Å². The molecule has 0 spiro atoms. The van der Waals surface area contributed by atoms with Crippen molar-refractivity contribution in [3.63, 3.8) is 0 Å². The van der Waals surface area contributed by atoms with Crippen LogP contribution in [0.25, 0.3) is 0 Å². The van der Waals surface area contributed by atoms with E-state index >= 15 is 0 Å². The molecule has 0 aromatic rings. The highest BCUT2D eigenvalue weighted by molar-refractivity contribution is 8.07. The highest BCUT2D eigenvalue weighted by Gasteiger charge is 2.30. The predicted octanol–water partition coefficient (Wildman–Crippen LogP) is 0.395. The number of likely N-dealkylation sites (tertiary alicyclic amines) is 1. The highest BCUT2D eigenvalue weighted by atomic mass is 32.2. The molecule has 0 aromatic carbocycles. The fourth-order valence-electron chi connectivity index (χ4n) is 1.82. The number of thioether (sulfide) groups is 2. The molecule has 2 saturated heterocycles. The van der Waals surface area contributed by atoms with Gasteiger partial charge in [0.1, 0.15) is 0 Å². The molecule has 0 bridgehead atoms. The molecule has 14 heavy (non-hydrogen) atoms. The second kappa shape index (κ2) is 4.77. The molecule has 1 unspecified atom stereocenters. The summed E-state index contributed by atoms with van der Waals surface area (Å²) in [5.74, 6) is 3.60. The quantitative estimate of drug-likeness (QED) is 0.711. The van der Waals surface area contributed by atoms with E-state index < -0.39 is 0 Å².